The van der Waals surface area contributed by atoms with E-state index in [0.29, 0.717) is 5.92 Å². The highest BCUT2D eigenvalue weighted by Crippen LogP contribution is 2.36. The van der Waals surface area contributed by atoms with Crippen LogP contribution in [0, 0.1) is 0 Å². The SMILES string of the molecule is NCC1CCCc2sc(CSc3ccc(Br)cc3)nc21. The van der Waals surface area contributed by atoms with Crippen molar-refractivity contribution in [3.05, 3.63) is 44.3 Å². The molecule has 106 valence electrons. The predicted octanol–water partition coefficient (Wildman–Crippen LogP) is 4.58. The van der Waals surface area contributed by atoms with E-state index < -0.39 is 0 Å². The molecule has 0 fully saturated rings. The summed E-state index contributed by atoms with van der Waals surface area (Å²) >= 11 is 7.19. The third kappa shape index (κ3) is 3.27. The standard InChI is InChI=1S/C15H17BrN2S2/c16-11-4-6-12(7-5-11)19-9-14-18-15-10(8-17)2-1-3-13(15)20-14/h4-7,10H,1-3,8-9,17H2. The van der Waals surface area contributed by atoms with Gasteiger partial charge in [-0.25, -0.2) is 4.98 Å². The Morgan fingerprint density at radius 3 is 2.90 bits per heavy atom. The zero-order valence-corrected chi connectivity index (χ0v) is 14.4. The smallest absolute Gasteiger partial charge is 0.103 e. The second kappa shape index (κ2) is 6.60. The predicted molar refractivity (Wildman–Crippen MR) is 90.6 cm³/mol. The van der Waals surface area contributed by atoms with Gasteiger partial charge in [0, 0.05) is 26.7 Å². The first-order chi connectivity index (χ1) is 9.76. The number of thioether (sulfide) groups is 1. The van der Waals surface area contributed by atoms with E-state index >= 15 is 0 Å². The van der Waals surface area contributed by atoms with Crippen LogP contribution in [0.15, 0.2) is 33.6 Å². The number of rotatable bonds is 4. The Hall–Kier alpha value is -0.360. The van der Waals surface area contributed by atoms with Crippen LogP contribution >= 0.6 is 39.0 Å². The Morgan fingerprint density at radius 2 is 2.15 bits per heavy atom. The minimum absolute atomic E-state index is 0.487. The van der Waals surface area contributed by atoms with Crippen LogP contribution in [-0.2, 0) is 12.2 Å². The lowest BCUT2D eigenvalue weighted by atomic mass is 9.91. The first-order valence-corrected chi connectivity index (χ1v) is 9.42. The molecule has 5 heteroatoms. The number of aromatic nitrogens is 1. The van der Waals surface area contributed by atoms with Gasteiger partial charge in [-0.2, -0.15) is 0 Å². The number of fused-ring (bicyclic) bond motifs is 1. The Morgan fingerprint density at radius 1 is 1.35 bits per heavy atom. The molecule has 2 N–H and O–H groups in total. The molecule has 2 nitrogen and oxygen atoms in total. The lowest BCUT2D eigenvalue weighted by Crippen LogP contribution is -2.17. The first kappa shape index (κ1) is 14.6. The van der Waals surface area contributed by atoms with Crippen LogP contribution in [0.2, 0.25) is 0 Å². The molecule has 0 amide bonds. The molecule has 1 aliphatic rings. The van der Waals surface area contributed by atoms with Gasteiger partial charge in [0.25, 0.3) is 0 Å². The van der Waals surface area contributed by atoms with Crippen molar-refractivity contribution < 1.29 is 0 Å². The highest BCUT2D eigenvalue weighted by molar-refractivity contribution is 9.10. The number of nitrogens with zero attached hydrogens (tertiary/aromatic N) is 1. The Balaban J connectivity index is 1.69. The van der Waals surface area contributed by atoms with E-state index in [2.05, 4.69) is 40.2 Å². The van der Waals surface area contributed by atoms with Gasteiger partial charge in [0.05, 0.1) is 11.4 Å². The largest absolute Gasteiger partial charge is 0.330 e. The van der Waals surface area contributed by atoms with E-state index in [4.69, 9.17) is 10.7 Å². The summed E-state index contributed by atoms with van der Waals surface area (Å²) in [5, 5.41) is 1.24. The number of benzene rings is 1. The van der Waals surface area contributed by atoms with Gasteiger partial charge < -0.3 is 5.73 Å². The van der Waals surface area contributed by atoms with Crippen molar-refractivity contribution in [1.82, 2.24) is 4.98 Å². The van der Waals surface area contributed by atoms with Crippen molar-refractivity contribution in [2.45, 2.75) is 35.8 Å². The average Bonchev–Trinajstić information content (AvgIpc) is 2.89. The van der Waals surface area contributed by atoms with Gasteiger partial charge in [-0.15, -0.1) is 23.1 Å². The summed E-state index contributed by atoms with van der Waals surface area (Å²) in [5.74, 6) is 1.44. The van der Waals surface area contributed by atoms with Crippen LogP contribution in [0.1, 0.15) is 34.3 Å². The van der Waals surface area contributed by atoms with Crippen LogP contribution in [0.25, 0.3) is 0 Å². The van der Waals surface area contributed by atoms with Crippen molar-refractivity contribution in [1.29, 1.82) is 0 Å². The molecule has 1 heterocycles. The summed E-state index contributed by atoms with van der Waals surface area (Å²) < 4.78 is 1.12. The second-order valence-corrected chi connectivity index (χ2v) is 8.12. The Labute approximate surface area is 136 Å². The molecular weight excluding hydrogens is 352 g/mol. The fourth-order valence-corrected chi connectivity index (χ4v) is 4.88. The fourth-order valence-electron chi connectivity index (χ4n) is 2.52. The molecule has 0 aliphatic heterocycles. The lowest BCUT2D eigenvalue weighted by Gasteiger charge is -2.18. The second-order valence-electron chi connectivity index (χ2n) is 4.98. The molecule has 0 bridgehead atoms. The van der Waals surface area contributed by atoms with Gasteiger partial charge in [0.1, 0.15) is 5.01 Å². The summed E-state index contributed by atoms with van der Waals surface area (Å²) in [5.41, 5.74) is 7.15. The van der Waals surface area contributed by atoms with Crippen molar-refractivity contribution in [2.75, 3.05) is 6.54 Å². The third-order valence-electron chi connectivity index (χ3n) is 3.58. The quantitative estimate of drug-likeness (QED) is 0.802. The lowest BCUT2D eigenvalue weighted by molar-refractivity contribution is 0.553. The fraction of sp³-hybridized carbons (Fsp3) is 0.400. The minimum Gasteiger partial charge on any atom is -0.330 e. The number of aryl methyl sites for hydroxylation is 1. The van der Waals surface area contributed by atoms with Gasteiger partial charge in [0.15, 0.2) is 0 Å². The molecule has 0 saturated carbocycles. The van der Waals surface area contributed by atoms with E-state index in [1.54, 1.807) is 0 Å². The Bertz CT molecular complexity index is 580. The van der Waals surface area contributed by atoms with Crippen molar-refractivity contribution in [2.24, 2.45) is 5.73 Å². The van der Waals surface area contributed by atoms with E-state index in [9.17, 15) is 0 Å². The van der Waals surface area contributed by atoms with Crippen molar-refractivity contribution in [3.63, 3.8) is 0 Å². The van der Waals surface area contributed by atoms with Gasteiger partial charge in [-0.1, -0.05) is 15.9 Å². The van der Waals surface area contributed by atoms with Gasteiger partial charge in [-0.3, -0.25) is 0 Å². The van der Waals surface area contributed by atoms with Gasteiger partial charge in [0.2, 0.25) is 0 Å². The number of thiazole rings is 1. The molecule has 1 aliphatic carbocycles. The maximum absolute atomic E-state index is 5.86. The molecule has 3 rings (SSSR count). The zero-order chi connectivity index (χ0) is 13.9. The van der Waals surface area contributed by atoms with Crippen LogP contribution in [0.3, 0.4) is 0 Å². The molecular formula is C15H17BrN2S2. The maximum atomic E-state index is 5.86. The molecule has 1 unspecified atom stereocenters. The van der Waals surface area contributed by atoms with Gasteiger partial charge >= 0.3 is 0 Å². The molecule has 2 aromatic rings. The minimum atomic E-state index is 0.487. The van der Waals surface area contributed by atoms with Crippen LogP contribution in [-0.4, -0.2) is 11.5 Å². The van der Waals surface area contributed by atoms with E-state index in [0.717, 1.165) is 16.8 Å². The zero-order valence-electron chi connectivity index (χ0n) is 11.1. The summed E-state index contributed by atoms with van der Waals surface area (Å²) in [6, 6.07) is 8.45. The van der Waals surface area contributed by atoms with E-state index in [1.807, 2.05) is 23.1 Å². The average molecular weight is 369 g/mol. The number of hydrogen-bond donors (Lipinski definition) is 1. The molecule has 0 saturated heterocycles. The van der Waals surface area contributed by atoms with E-state index in [1.165, 1.54) is 39.7 Å². The summed E-state index contributed by atoms with van der Waals surface area (Å²) in [6.45, 7) is 0.732. The molecule has 0 spiro atoms. The highest BCUT2D eigenvalue weighted by atomic mass is 79.9. The summed E-state index contributed by atoms with van der Waals surface area (Å²) in [6.07, 6.45) is 3.65. The molecule has 1 aromatic heterocycles. The summed E-state index contributed by atoms with van der Waals surface area (Å²) in [4.78, 5) is 7.60. The molecule has 20 heavy (non-hydrogen) atoms. The van der Waals surface area contributed by atoms with Crippen LogP contribution < -0.4 is 5.73 Å². The number of hydrogen-bond acceptors (Lipinski definition) is 4. The topological polar surface area (TPSA) is 38.9 Å². The van der Waals surface area contributed by atoms with Crippen LogP contribution in [0.5, 0.6) is 0 Å². The summed E-state index contributed by atoms with van der Waals surface area (Å²) in [7, 11) is 0. The Kier molecular flexibility index (Phi) is 4.81. The van der Waals surface area contributed by atoms with Crippen LogP contribution in [0.4, 0.5) is 0 Å². The number of nitrogens with two attached hydrogens (primary N) is 1. The number of halogens is 1. The molecule has 0 radical (unpaired) electrons. The maximum Gasteiger partial charge on any atom is 0.103 e. The molecule has 1 aromatic carbocycles. The normalized spacial score (nSPS) is 18.0. The third-order valence-corrected chi connectivity index (χ3v) is 6.44. The van der Waals surface area contributed by atoms with Gasteiger partial charge in [-0.05, 0) is 43.5 Å². The first-order valence-electron chi connectivity index (χ1n) is 6.83. The molecule has 1 atom stereocenters. The van der Waals surface area contributed by atoms with Crippen molar-refractivity contribution >= 4 is 39.0 Å². The van der Waals surface area contributed by atoms with E-state index in [-0.39, 0.29) is 0 Å². The monoisotopic (exact) mass is 368 g/mol. The highest BCUT2D eigenvalue weighted by Gasteiger charge is 2.23. The van der Waals surface area contributed by atoms with Crippen molar-refractivity contribution in [3.8, 4) is 0 Å².